The number of aryl methyl sites for hydroxylation is 1. The monoisotopic (exact) mass is 354 g/mol. The topological polar surface area (TPSA) is 52.6 Å². The maximum Gasteiger partial charge on any atom is 0.306 e. The third-order valence-corrected chi connectivity index (χ3v) is 4.46. The lowest BCUT2D eigenvalue weighted by Gasteiger charge is -2.23. The normalized spacial score (nSPS) is 13.0. The van der Waals surface area contributed by atoms with Gasteiger partial charge in [-0.25, -0.2) is 0 Å². The van der Waals surface area contributed by atoms with Crippen molar-refractivity contribution in [3.05, 3.63) is 71.8 Å². The number of carbonyl (C=O) groups excluding carboxylic acids is 2. The van der Waals surface area contributed by atoms with Gasteiger partial charge in [-0.15, -0.1) is 0 Å². The van der Waals surface area contributed by atoms with E-state index >= 15 is 0 Å². The summed E-state index contributed by atoms with van der Waals surface area (Å²) in [5, 5.41) is 0. The second-order valence-corrected chi connectivity index (χ2v) is 6.37. The van der Waals surface area contributed by atoms with Gasteiger partial charge in [0.25, 0.3) is 0 Å². The highest BCUT2D eigenvalue weighted by atomic mass is 16.5. The largest absolute Gasteiger partial charge is 0.461 e. The van der Waals surface area contributed by atoms with Crippen LogP contribution < -0.4 is 0 Å². The molecule has 4 heteroatoms. The molecule has 0 saturated carbocycles. The Bertz CT molecular complexity index is 682. The molecule has 2 rings (SSSR count). The summed E-state index contributed by atoms with van der Waals surface area (Å²) in [4.78, 5) is 24.3. The highest BCUT2D eigenvalue weighted by Gasteiger charge is 2.28. The minimum atomic E-state index is -0.494. The molecule has 0 radical (unpaired) electrons. The standard InChI is InChI=1S/C22H26O4/c1-17(23)20(15-22(24)26-16-19-11-7-4-8-12-19)21(25-2)14-13-18-9-5-3-6-10-18/h3-12,20-21H,13-16H2,1-2H3. The predicted octanol–water partition coefficient (Wildman–Crippen LogP) is 3.97. The minimum absolute atomic E-state index is 0.0372. The summed E-state index contributed by atoms with van der Waals surface area (Å²) in [6.45, 7) is 1.72. The molecule has 0 saturated heterocycles. The number of hydrogen-bond donors (Lipinski definition) is 0. The molecule has 0 fully saturated rings. The number of esters is 1. The van der Waals surface area contributed by atoms with E-state index in [1.807, 2.05) is 60.7 Å². The lowest BCUT2D eigenvalue weighted by atomic mass is 9.90. The summed E-state index contributed by atoms with van der Waals surface area (Å²) in [5.41, 5.74) is 2.11. The number of carbonyl (C=O) groups is 2. The van der Waals surface area contributed by atoms with Crippen molar-refractivity contribution in [2.75, 3.05) is 7.11 Å². The molecule has 0 amide bonds. The van der Waals surface area contributed by atoms with Crippen molar-refractivity contribution in [2.45, 2.75) is 38.9 Å². The van der Waals surface area contributed by atoms with Crippen LogP contribution in [0.2, 0.25) is 0 Å². The van der Waals surface area contributed by atoms with Crippen LogP contribution in [-0.4, -0.2) is 25.0 Å². The fraction of sp³-hybridized carbons (Fsp3) is 0.364. The fourth-order valence-electron chi connectivity index (χ4n) is 2.95. The van der Waals surface area contributed by atoms with Crippen molar-refractivity contribution in [3.8, 4) is 0 Å². The Balaban J connectivity index is 1.90. The third-order valence-electron chi connectivity index (χ3n) is 4.46. The zero-order valence-corrected chi connectivity index (χ0v) is 15.4. The average Bonchev–Trinajstić information content (AvgIpc) is 2.67. The molecule has 2 unspecified atom stereocenters. The van der Waals surface area contributed by atoms with Crippen LogP contribution in [0.3, 0.4) is 0 Å². The number of rotatable bonds is 10. The van der Waals surface area contributed by atoms with E-state index in [9.17, 15) is 9.59 Å². The third kappa shape index (κ3) is 6.45. The molecule has 2 aromatic carbocycles. The Kier molecular flexibility index (Phi) is 8.03. The van der Waals surface area contributed by atoms with Crippen molar-refractivity contribution < 1.29 is 19.1 Å². The van der Waals surface area contributed by atoms with Gasteiger partial charge in [-0.3, -0.25) is 9.59 Å². The van der Waals surface area contributed by atoms with Gasteiger partial charge in [0.05, 0.1) is 18.4 Å². The number of Topliss-reactive ketones (excluding diaryl/α,β-unsaturated/α-hetero) is 1. The first-order valence-corrected chi connectivity index (χ1v) is 8.87. The number of ether oxygens (including phenoxy) is 2. The lowest BCUT2D eigenvalue weighted by molar-refractivity contribution is -0.149. The zero-order chi connectivity index (χ0) is 18.8. The molecule has 0 aliphatic rings. The maximum absolute atomic E-state index is 12.2. The van der Waals surface area contributed by atoms with E-state index in [0.717, 1.165) is 12.0 Å². The van der Waals surface area contributed by atoms with E-state index in [0.29, 0.717) is 6.42 Å². The van der Waals surface area contributed by atoms with Crippen LogP contribution >= 0.6 is 0 Å². The van der Waals surface area contributed by atoms with Crippen LogP contribution in [-0.2, 0) is 32.1 Å². The Morgan fingerprint density at radius 1 is 0.923 bits per heavy atom. The Morgan fingerprint density at radius 3 is 2.04 bits per heavy atom. The summed E-state index contributed by atoms with van der Waals surface area (Å²) >= 11 is 0. The molecule has 0 heterocycles. The van der Waals surface area contributed by atoms with Gasteiger partial charge in [0.2, 0.25) is 0 Å². The molecule has 4 nitrogen and oxygen atoms in total. The van der Waals surface area contributed by atoms with Crippen molar-refractivity contribution in [1.82, 2.24) is 0 Å². The van der Waals surface area contributed by atoms with E-state index < -0.39 is 5.92 Å². The second kappa shape index (κ2) is 10.5. The van der Waals surface area contributed by atoms with E-state index in [1.165, 1.54) is 12.5 Å². The minimum Gasteiger partial charge on any atom is -0.461 e. The molecule has 0 bridgehead atoms. The van der Waals surface area contributed by atoms with Gasteiger partial charge < -0.3 is 9.47 Å². The van der Waals surface area contributed by atoms with E-state index in [2.05, 4.69) is 0 Å². The molecule has 2 atom stereocenters. The van der Waals surface area contributed by atoms with Crippen molar-refractivity contribution in [3.63, 3.8) is 0 Å². The lowest BCUT2D eigenvalue weighted by Crippen LogP contribution is -2.31. The second-order valence-electron chi connectivity index (χ2n) is 6.37. The molecular weight excluding hydrogens is 328 g/mol. The molecular formula is C22H26O4. The van der Waals surface area contributed by atoms with Gasteiger partial charge in [0.15, 0.2) is 0 Å². The van der Waals surface area contributed by atoms with Gasteiger partial charge >= 0.3 is 5.97 Å². The van der Waals surface area contributed by atoms with Crippen molar-refractivity contribution in [1.29, 1.82) is 0 Å². The van der Waals surface area contributed by atoms with Crippen LogP contribution in [0.15, 0.2) is 60.7 Å². The molecule has 138 valence electrons. The molecule has 0 N–H and O–H groups in total. The van der Waals surface area contributed by atoms with Crippen LogP contribution in [0.5, 0.6) is 0 Å². The van der Waals surface area contributed by atoms with Crippen molar-refractivity contribution in [2.24, 2.45) is 5.92 Å². The first kappa shape index (κ1) is 19.9. The summed E-state index contributed by atoms with van der Waals surface area (Å²) in [7, 11) is 1.58. The highest BCUT2D eigenvalue weighted by Crippen LogP contribution is 2.20. The number of methoxy groups -OCH3 is 1. The van der Waals surface area contributed by atoms with Crippen LogP contribution in [0.25, 0.3) is 0 Å². The quantitative estimate of drug-likeness (QED) is 0.606. The van der Waals surface area contributed by atoms with Gasteiger partial charge in [0, 0.05) is 7.11 Å². The van der Waals surface area contributed by atoms with Gasteiger partial charge in [0.1, 0.15) is 12.4 Å². The van der Waals surface area contributed by atoms with Gasteiger partial charge in [-0.2, -0.15) is 0 Å². The van der Waals surface area contributed by atoms with Gasteiger partial charge in [-0.1, -0.05) is 60.7 Å². The van der Waals surface area contributed by atoms with Crippen LogP contribution in [0.1, 0.15) is 30.9 Å². The summed E-state index contributed by atoms with van der Waals surface area (Å²) < 4.78 is 10.9. The van der Waals surface area contributed by atoms with E-state index in [1.54, 1.807) is 7.11 Å². The average molecular weight is 354 g/mol. The molecule has 26 heavy (non-hydrogen) atoms. The molecule has 2 aromatic rings. The summed E-state index contributed by atoms with van der Waals surface area (Å²) in [5.74, 6) is -0.927. The van der Waals surface area contributed by atoms with Gasteiger partial charge in [-0.05, 0) is 30.9 Å². The molecule has 0 aromatic heterocycles. The zero-order valence-electron chi connectivity index (χ0n) is 15.4. The highest BCUT2D eigenvalue weighted by molar-refractivity contribution is 5.84. The van der Waals surface area contributed by atoms with Crippen molar-refractivity contribution >= 4 is 11.8 Å². The number of hydrogen-bond acceptors (Lipinski definition) is 4. The summed E-state index contributed by atoms with van der Waals surface area (Å²) in [6, 6.07) is 19.5. The maximum atomic E-state index is 12.2. The smallest absolute Gasteiger partial charge is 0.306 e. The van der Waals surface area contributed by atoms with E-state index in [4.69, 9.17) is 9.47 Å². The SMILES string of the molecule is COC(CCc1ccccc1)C(CC(=O)OCc1ccccc1)C(C)=O. The Hall–Kier alpha value is -2.46. The predicted molar refractivity (Wildman–Crippen MR) is 101 cm³/mol. The van der Waals surface area contributed by atoms with Crippen LogP contribution in [0.4, 0.5) is 0 Å². The summed E-state index contributed by atoms with van der Waals surface area (Å²) in [6.07, 6.45) is 1.20. The molecule has 0 aliphatic carbocycles. The molecule has 0 aliphatic heterocycles. The molecule has 0 spiro atoms. The number of benzene rings is 2. The fourth-order valence-corrected chi connectivity index (χ4v) is 2.95. The van der Waals surface area contributed by atoms with E-state index in [-0.39, 0.29) is 30.9 Å². The first-order valence-electron chi connectivity index (χ1n) is 8.87. The first-order chi connectivity index (χ1) is 12.6. The van der Waals surface area contributed by atoms with Crippen LogP contribution in [0, 0.1) is 5.92 Å². The Labute approximate surface area is 155 Å². The Morgan fingerprint density at radius 2 is 1.50 bits per heavy atom. The number of ketones is 1.